The zero-order chi connectivity index (χ0) is 14.6. The highest BCUT2D eigenvalue weighted by Crippen LogP contribution is 2.30. The van der Waals surface area contributed by atoms with Crippen molar-refractivity contribution >= 4 is 27.6 Å². The Bertz CT molecular complexity index is 496. The molecule has 19 heavy (non-hydrogen) atoms. The third-order valence-corrected chi connectivity index (χ3v) is 3.50. The second-order valence-corrected chi connectivity index (χ2v) is 4.69. The molecule has 1 aromatic carbocycles. The minimum absolute atomic E-state index is 0.259. The molecule has 0 heterocycles. The van der Waals surface area contributed by atoms with E-state index in [0.717, 1.165) is 12.0 Å². The molecular weight excluding hydrogens is 322 g/mol. The molecule has 0 saturated heterocycles. The van der Waals surface area contributed by atoms with Crippen molar-refractivity contribution < 1.29 is 24.3 Å². The number of nitro benzene ring substituents is 1. The van der Waals surface area contributed by atoms with Gasteiger partial charge in [-0.3, -0.25) is 10.1 Å². The molecule has 1 aromatic rings. The van der Waals surface area contributed by atoms with E-state index < -0.39 is 10.7 Å². The number of hydrogen-bond donors (Lipinski definition) is 1. The number of fused-ring (bicyclic) bond motifs is 2. The Labute approximate surface area is 117 Å². The number of halogens is 1. The average molecular weight is 334 g/mol. The number of ether oxygens (including phenoxy) is 2. The highest BCUT2D eigenvalue weighted by molar-refractivity contribution is 9.10. The van der Waals surface area contributed by atoms with E-state index in [1.54, 1.807) is 12.1 Å². The molecule has 2 bridgehead atoms. The van der Waals surface area contributed by atoms with Crippen LogP contribution in [-0.4, -0.2) is 34.9 Å². The first-order valence-electron chi connectivity index (χ1n) is 5.13. The lowest BCUT2D eigenvalue weighted by molar-refractivity contribution is -0.385. The molecule has 0 saturated carbocycles. The maximum absolute atomic E-state index is 10.3. The summed E-state index contributed by atoms with van der Waals surface area (Å²) in [6, 6.07) is 5.22. The molecule has 104 valence electrons. The van der Waals surface area contributed by atoms with E-state index in [9.17, 15) is 14.9 Å². The minimum Gasteiger partial charge on any atom is -0.477 e. The molecule has 0 spiro atoms. The zero-order valence-corrected chi connectivity index (χ0v) is 11.8. The summed E-state index contributed by atoms with van der Waals surface area (Å²) in [6.07, 6.45) is 0.785. The standard InChI is InChI=1S/C7H5NO2.C4H7BrO4/c9-8(10)7-2-1-5-3-6(7)4-5;1-8-4(5,9-2)3(6)7/h1-3H,4H2;1-2H3,(H,6,7). The largest absolute Gasteiger partial charge is 0.477 e. The van der Waals surface area contributed by atoms with Crippen molar-refractivity contribution in [2.75, 3.05) is 14.2 Å². The number of nitrogens with zero attached hydrogens (tertiary/aromatic N) is 1. The summed E-state index contributed by atoms with van der Waals surface area (Å²) in [5.41, 5.74) is 2.32. The smallest absolute Gasteiger partial charge is 0.376 e. The lowest BCUT2D eigenvalue weighted by Crippen LogP contribution is -2.35. The van der Waals surface area contributed by atoms with Gasteiger partial charge in [0.2, 0.25) is 0 Å². The Hall–Kier alpha value is -1.51. The molecule has 1 N–H and O–H groups in total. The molecule has 0 unspecified atom stereocenters. The molecule has 0 amide bonds. The number of hydrogen-bond acceptors (Lipinski definition) is 5. The summed E-state index contributed by atoms with van der Waals surface area (Å²) < 4.78 is 7.20. The number of nitro groups is 1. The predicted octanol–water partition coefficient (Wildman–Crippen LogP) is 1.91. The molecule has 2 aliphatic rings. The molecule has 0 radical (unpaired) electrons. The lowest BCUT2D eigenvalue weighted by atomic mass is 9.92. The van der Waals surface area contributed by atoms with Crippen molar-refractivity contribution in [2.24, 2.45) is 0 Å². The van der Waals surface area contributed by atoms with Crippen LogP contribution >= 0.6 is 15.9 Å². The van der Waals surface area contributed by atoms with E-state index in [2.05, 4.69) is 25.4 Å². The summed E-state index contributed by atoms with van der Waals surface area (Å²) in [5, 5.41) is 18.6. The number of methoxy groups -OCH3 is 2. The Morgan fingerprint density at radius 1 is 1.47 bits per heavy atom. The second-order valence-electron chi connectivity index (χ2n) is 3.65. The first kappa shape index (κ1) is 15.5. The summed E-state index contributed by atoms with van der Waals surface area (Å²) in [4.78, 5) is 20.1. The van der Waals surface area contributed by atoms with Crippen molar-refractivity contribution in [3.8, 4) is 0 Å². The molecule has 0 aromatic heterocycles. The number of aliphatic carboxylic acids is 1. The van der Waals surface area contributed by atoms with Crippen LogP contribution in [0.1, 0.15) is 11.1 Å². The maximum atomic E-state index is 10.3. The van der Waals surface area contributed by atoms with E-state index in [4.69, 9.17) is 5.11 Å². The highest BCUT2D eigenvalue weighted by atomic mass is 79.9. The third kappa shape index (κ3) is 3.49. The highest BCUT2D eigenvalue weighted by Gasteiger charge is 2.35. The fourth-order valence-electron chi connectivity index (χ4n) is 1.42. The van der Waals surface area contributed by atoms with Crippen molar-refractivity contribution in [1.82, 2.24) is 0 Å². The van der Waals surface area contributed by atoms with E-state index in [-0.39, 0.29) is 10.6 Å². The van der Waals surface area contributed by atoms with Gasteiger partial charge in [-0.25, -0.2) is 4.79 Å². The van der Waals surface area contributed by atoms with Gasteiger partial charge in [-0.05, 0) is 27.6 Å². The van der Waals surface area contributed by atoms with Gasteiger partial charge >= 0.3 is 10.7 Å². The van der Waals surface area contributed by atoms with Crippen LogP contribution < -0.4 is 0 Å². The minimum atomic E-state index is -1.69. The van der Waals surface area contributed by atoms with Crippen molar-refractivity contribution in [1.29, 1.82) is 0 Å². The van der Waals surface area contributed by atoms with Crippen molar-refractivity contribution in [2.45, 2.75) is 11.1 Å². The van der Waals surface area contributed by atoms with Gasteiger partial charge < -0.3 is 14.6 Å². The first-order chi connectivity index (χ1) is 8.84. The molecule has 8 heteroatoms. The van der Waals surface area contributed by atoms with Gasteiger partial charge in [0, 0.05) is 32.3 Å². The van der Waals surface area contributed by atoms with Gasteiger partial charge in [-0.2, -0.15) is 0 Å². The van der Waals surface area contributed by atoms with Crippen LogP contribution in [0.25, 0.3) is 0 Å². The Morgan fingerprint density at radius 2 is 2.00 bits per heavy atom. The first-order valence-corrected chi connectivity index (χ1v) is 5.92. The van der Waals surface area contributed by atoms with Crippen LogP contribution in [0.2, 0.25) is 0 Å². The van der Waals surface area contributed by atoms with E-state index >= 15 is 0 Å². The van der Waals surface area contributed by atoms with Crippen LogP contribution in [0.4, 0.5) is 5.69 Å². The Morgan fingerprint density at radius 3 is 2.16 bits per heavy atom. The molecule has 3 rings (SSSR count). The van der Waals surface area contributed by atoms with E-state index in [1.807, 2.05) is 6.07 Å². The van der Waals surface area contributed by atoms with Gasteiger partial charge in [-0.1, -0.05) is 6.07 Å². The molecule has 0 aliphatic heterocycles. The molecule has 0 atom stereocenters. The Balaban J connectivity index is 0.000000192. The summed E-state index contributed by atoms with van der Waals surface area (Å²) in [5.74, 6) is -1.22. The van der Waals surface area contributed by atoms with Crippen LogP contribution in [0, 0.1) is 10.1 Å². The normalized spacial score (nSPS) is 11.9. The van der Waals surface area contributed by atoms with Gasteiger partial charge in [0.05, 0.1) is 4.92 Å². The molecule has 2 aliphatic carbocycles. The zero-order valence-electron chi connectivity index (χ0n) is 10.3. The van der Waals surface area contributed by atoms with Gasteiger partial charge in [0.15, 0.2) is 0 Å². The van der Waals surface area contributed by atoms with Gasteiger partial charge in [0.1, 0.15) is 0 Å². The number of carboxylic acids is 1. The Kier molecular flexibility index (Phi) is 4.98. The third-order valence-electron chi connectivity index (χ3n) is 2.52. The van der Waals surface area contributed by atoms with Crippen LogP contribution in [-0.2, 0) is 20.7 Å². The maximum Gasteiger partial charge on any atom is 0.376 e. The van der Waals surface area contributed by atoms with Crippen molar-refractivity contribution in [3.63, 3.8) is 0 Å². The number of alkyl halides is 1. The monoisotopic (exact) mass is 333 g/mol. The summed E-state index contributed by atoms with van der Waals surface area (Å²) >= 11 is 2.70. The SMILES string of the molecule is COC(Br)(OC)C(=O)O.O=[N+]([O-])c1ccc2cc1C2. The van der Waals surface area contributed by atoms with Crippen LogP contribution in [0.5, 0.6) is 0 Å². The predicted molar refractivity (Wildman–Crippen MR) is 69.2 cm³/mol. The van der Waals surface area contributed by atoms with Crippen LogP contribution in [0.3, 0.4) is 0 Å². The topological polar surface area (TPSA) is 98.9 Å². The van der Waals surface area contributed by atoms with E-state index in [0.29, 0.717) is 0 Å². The molecule has 0 fully saturated rings. The number of carboxylic acid groups (broad SMARTS) is 1. The summed E-state index contributed by atoms with van der Waals surface area (Å²) in [7, 11) is 2.46. The van der Waals surface area contributed by atoms with Crippen molar-refractivity contribution in [3.05, 3.63) is 39.4 Å². The number of carbonyl (C=O) groups is 1. The fraction of sp³-hybridized carbons (Fsp3) is 0.364. The second kappa shape index (κ2) is 6.09. The average Bonchev–Trinajstić information content (AvgIpc) is 2.37. The molecule has 7 nitrogen and oxygen atoms in total. The lowest BCUT2D eigenvalue weighted by Gasteiger charge is -2.17. The van der Waals surface area contributed by atoms with Gasteiger partial charge in [0.25, 0.3) is 5.69 Å². The number of rotatable bonds is 4. The van der Waals surface area contributed by atoms with Crippen LogP contribution in [0.15, 0.2) is 18.2 Å². The quantitative estimate of drug-likeness (QED) is 0.397. The number of benzene rings is 1. The molecular formula is C11H12BrNO6. The van der Waals surface area contributed by atoms with E-state index in [1.165, 1.54) is 19.8 Å². The van der Waals surface area contributed by atoms with Gasteiger partial charge in [-0.15, -0.1) is 0 Å². The summed E-state index contributed by atoms with van der Waals surface area (Å²) in [6.45, 7) is 0. The fourth-order valence-corrected chi connectivity index (χ4v) is 1.42.